The van der Waals surface area contributed by atoms with Crippen LogP contribution >= 0.6 is 0 Å². The second kappa shape index (κ2) is 5.85. The Morgan fingerprint density at radius 1 is 1.14 bits per heavy atom. The first-order valence-corrected chi connectivity index (χ1v) is 7.36. The van der Waals surface area contributed by atoms with Crippen LogP contribution in [0.5, 0.6) is 0 Å². The molecule has 114 valence electrons. The molecule has 3 rings (SSSR count). The third-order valence-corrected chi connectivity index (χ3v) is 4.25. The van der Waals surface area contributed by atoms with Crippen molar-refractivity contribution in [2.75, 3.05) is 46.3 Å². The average molecular weight is 291 g/mol. The number of carbonyl (C=O) groups excluding carboxylic acids is 2. The summed E-state index contributed by atoms with van der Waals surface area (Å²) in [5, 5.41) is 4.02. The SMILES string of the molecule is CN1CCN(C(=O)C2CN(C(=O)Cn3cccn3)C2)CC1. The van der Waals surface area contributed by atoms with E-state index < -0.39 is 0 Å². The Morgan fingerprint density at radius 2 is 1.86 bits per heavy atom. The van der Waals surface area contributed by atoms with Crippen LogP contribution in [0.15, 0.2) is 18.5 Å². The van der Waals surface area contributed by atoms with Crippen LogP contribution < -0.4 is 0 Å². The molecule has 2 fully saturated rings. The number of rotatable bonds is 3. The summed E-state index contributed by atoms with van der Waals surface area (Å²) in [6.45, 7) is 4.81. The monoisotopic (exact) mass is 291 g/mol. The van der Waals surface area contributed by atoms with Gasteiger partial charge in [-0.1, -0.05) is 0 Å². The van der Waals surface area contributed by atoms with E-state index in [1.807, 2.05) is 4.90 Å². The summed E-state index contributed by atoms with van der Waals surface area (Å²) >= 11 is 0. The van der Waals surface area contributed by atoms with Crippen molar-refractivity contribution in [2.24, 2.45) is 5.92 Å². The Hall–Kier alpha value is -1.89. The normalized spacial score (nSPS) is 20.4. The molecule has 7 nitrogen and oxygen atoms in total. The van der Waals surface area contributed by atoms with Gasteiger partial charge in [0.2, 0.25) is 11.8 Å². The second-order valence-corrected chi connectivity index (χ2v) is 5.83. The highest BCUT2D eigenvalue weighted by atomic mass is 16.2. The number of likely N-dealkylation sites (N-methyl/N-ethyl adjacent to an activating group) is 1. The molecular formula is C14H21N5O2. The second-order valence-electron chi connectivity index (χ2n) is 5.83. The van der Waals surface area contributed by atoms with Crippen LogP contribution in [0.3, 0.4) is 0 Å². The Labute approximate surface area is 124 Å². The summed E-state index contributed by atoms with van der Waals surface area (Å²) in [6.07, 6.45) is 3.42. The molecule has 1 aromatic rings. The quantitative estimate of drug-likeness (QED) is 0.725. The molecular weight excluding hydrogens is 270 g/mol. The van der Waals surface area contributed by atoms with Crippen molar-refractivity contribution in [3.63, 3.8) is 0 Å². The molecule has 0 unspecified atom stereocenters. The van der Waals surface area contributed by atoms with Crippen LogP contribution in [0, 0.1) is 5.92 Å². The van der Waals surface area contributed by atoms with Crippen molar-refractivity contribution in [1.82, 2.24) is 24.5 Å². The Morgan fingerprint density at radius 3 is 2.48 bits per heavy atom. The highest BCUT2D eigenvalue weighted by Crippen LogP contribution is 2.19. The van der Waals surface area contributed by atoms with E-state index in [4.69, 9.17) is 0 Å². The molecule has 7 heteroatoms. The summed E-state index contributed by atoms with van der Waals surface area (Å²) in [5.74, 6) is 0.211. The predicted octanol–water partition coefficient (Wildman–Crippen LogP) is -0.884. The van der Waals surface area contributed by atoms with E-state index in [0.29, 0.717) is 13.1 Å². The number of hydrogen-bond donors (Lipinski definition) is 0. The smallest absolute Gasteiger partial charge is 0.244 e. The number of amides is 2. The van der Waals surface area contributed by atoms with Crippen molar-refractivity contribution in [3.8, 4) is 0 Å². The highest BCUT2D eigenvalue weighted by molar-refractivity contribution is 5.84. The van der Waals surface area contributed by atoms with Gasteiger partial charge in [0.25, 0.3) is 0 Å². The van der Waals surface area contributed by atoms with Crippen molar-refractivity contribution in [3.05, 3.63) is 18.5 Å². The Kier molecular flexibility index (Phi) is 3.92. The zero-order valence-electron chi connectivity index (χ0n) is 12.3. The number of aromatic nitrogens is 2. The third kappa shape index (κ3) is 3.07. The fourth-order valence-electron chi connectivity index (χ4n) is 2.76. The molecule has 21 heavy (non-hydrogen) atoms. The van der Waals surface area contributed by atoms with E-state index in [2.05, 4.69) is 17.0 Å². The zero-order chi connectivity index (χ0) is 14.8. The van der Waals surface area contributed by atoms with E-state index >= 15 is 0 Å². The summed E-state index contributed by atoms with van der Waals surface area (Å²) in [7, 11) is 2.07. The van der Waals surface area contributed by atoms with E-state index in [1.165, 1.54) is 0 Å². The molecule has 0 N–H and O–H groups in total. The van der Waals surface area contributed by atoms with Gasteiger partial charge in [-0.15, -0.1) is 0 Å². The molecule has 0 saturated carbocycles. The van der Waals surface area contributed by atoms with Gasteiger partial charge in [0.15, 0.2) is 0 Å². The molecule has 0 aliphatic carbocycles. The minimum atomic E-state index is -0.0185. The summed E-state index contributed by atoms with van der Waals surface area (Å²) in [4.78, 5) is 30.2. The molecule has 0 spiro atoms. The maximum Gasteiger partial charge on any atom is 0.244 e. The molecule has 0 radical (unpaired) electrons. The lowest BCUT2D eigenvalue weighted by molar-refractivity contribution is -0.149. The third-order valence-electron chi connectivity index (χ3n) is 4.25. The topological polar surface area (TPSA) is 61.7 Å². The zero-order valence-corrected chi connectivity index (χ0v) is 12.3. The maximum absolute atomic E-state index is 12.3. The van der Waals surface area contributed by atoms with Crippen molar-refractivity contribution < 1.29 is 9.59 Å². The van der Waals surface area contributed by atoms with Gasteiger partial charge in [-0.2, -0.15) is 5.10 Å². The fraction of sp³-hybridized carbons (Fsp3) is 0.643. The largest absolute Gasteiger partial charge is 0.340 e. The van der Waals surface area contributed by atoms with E-state index in [-0.39, 0.29) is 24.3 Å². The fourth-order valence-corrected chi connectivity index (χ4v) is 2.76. The van der Waals surface area contributed by atoms with Crippen molar-refractivity contribution in [1.29, 1.82) is 0 Å². The van der Waals surface area contributed by atoms with Gasteiger partial charge in [0, 0.05) is 51.7 Å². The van der Waals surface area contributed by atoms with Gasteiger partial charge in [0.05, 0.1) is 5.92 Å². The standard InChI is InChI=1S/C14H21N5O2/c1-16-5-7-17(8-6-16)14(21)12-9-18(10-12)13(20)11-19-4-2-3-15-19/h2-4,12H,5-11H2,1H3. The molecule has 0 bridgehead atoms. The molecule has 2 aliphatic rings. The maximum atomic E-state index is 12.3. The van der Waals surface area contributed by atoms with Crippen LogP contribution in [0.2, 0.25) is 0 Å². The molecule has 2 amide bonds. The Balaban J connectivity index is 1.44. The van der Waals surface area contributed by atoms with Crippen molar-refractivity contribution in [2.45, 2.75) is 6.54 Å². The number of hydrogen-bond acceptors (Lipinski definition) is 4. The molecule has 2 aliphatic heterocycles. The summed E-state index contributed by atoms with van der Waals surface area (Å²) < 4.78 is 1.61. The average Bonchev–Trinajstić information content (AvgIpc) is 2.90. The molecule has 1 aromatic heterocycles. The molecule has 0 atom stereocenters. The van der Waals surface area contributed by atoms with Crippen molar-refractivity contribution >= 4 is 11.8 Å². The van der Waals surface area contributed by atoms with Crippen LogP contribution in [-0.2, 0) is 16.1 Å². The number of piperazine rings is 1. The first-order valence-electron chi connectivity index (χ1n) is 7.36. The van der Waals surface area contributed by atoms with E-state index in [9.17, 15) is 9.59 Å². The molecule has 3 heterocycles. The lowest BCUT2D eigenvalue weighted by Crippen LogP contribution is -2.59. The predicted molar refractivity (Wildman–Crippen MR) is 76.4 cm³/mol. The molecule has 2 saturated heterocycles. The summed E-state index contributed by atoms with van der Waals surface area (Å²) in [6, 6.07) is 1.79. The first kappa shape index (κ1) is 14.1. The lowest BCUT2D eigenvalue weighted by atomic mass is 9.98. The lowest BCUT2D eigenvalue weighted by Gasteiger charge is -2.42. The number of likely N-dealkylation sites (tertiary alicyclic amines) is 1. The number of carbonyl (C=O) groups is 2. The van der Waals surface area contributed by atoms with Crippen LogP contribution in [-0.4, -0.2) is 82.6 Å². The van der Waals surface area contributed by atoms with E-state index in [0.717, 1.165) is 26.2 Å². The highest BCUT2D eigenvalue weighted by Gasteiger charge is 2.38. The van der Waals surface area contributed by atoms with Crippen LogP contribution in [0.4, 0.5) is 0 Å². The first-order chi connectivity index (χ1) is 10.1. The van der Waals surface area contributed by atoms with Gasteiger partial charge in [-0.3, -0.25) is 14.3 Å². The minimum Gasteiger partial charge on any atom is -0.340 e. The van der Waals surface area contributed by atoms with Gasteiger partial charge in [-0.05, 0) is 13.1 Å². The molecule has 0 aromatic carbocycles. The van der Waals surface area contributed by atoms with Gasteiger partial charge in [-0.25, -0.2) is 0 Å². The summed E-state index contributed by atoms with van der Waals surface area (Å²) in [5.41, 5.74) is 0. The van der Waals surface area contributed by atoms with Crippen LogP contribution in [0.25, 0.3) is 0 Å². The number of nitrogens with zero attached hydrogens (tertiary/aromatic N) is 5. The Bertz CT molecular complexity index is 501. The van der Waals surface area contributed by atoms with Gasteiger partial charge < -0.3 is 14.7 Å². The van der Waals surface area contributed by atoms with Crippen LogP contribution in [0.1, 0.15) is 0 Å². The minimum absolute atomic E-state index is 0.0185. The van der Waals surface area contributed by atoms with Gasteiger partial charge in [0.1, 0.15) is 6.54 Å². The van der Waals surface area contributed by atoms with E-state index in [1.54, 1.807) is 28.0 Å². The van der Waals surface area contributed by atoms with Gasteiger partial charge >= 0.3 is 0 Å².